The van der Waals surface area contributed by atoms with Gasteiger partial charge in [-0.15, -0.1) is 0 Å². The molecule has 0 saturated heterocycles. The van der Waals surface area contributed by atoms with Gasteiger partial charge in [-0.2, -0.15) is 0 Å². The summed E-state index contributed by atoms with van der Waals surface area (Å²) in [4.78, 5) is 10.1. The molecule has 4 nitrogen and oxygen atoms in total. The van der Waals surface area contributed by atoms with Crippen molar-refractivity contribution >= 4 is 12.4 Å². The van der Waals surface area contributed by atoms with Crippen LogP contribution < -0.4 is 0 Å². The Hall–Kier alpha value is -2.10. The quantitative estimate of drug-likeness (QED) is 0.271. The molecular weight excluding hydrogens is 548 g/mol. The van der Waals surface area contributed by atoms with Crippen molar-refractivity contribution in [1.29, 1.82) is 0 Å². The fourth-order valence-corrected chi connectivity index (χ4v) is 5.31. The van der Waals surface area contributed by atoms with Crippen molar-refractivity contribution in [2.24, 2.45) is 9.98 Å². The van der Waals surface area contributed by atoms with Gasteiger partial charge in [-0.3, -0.25) is 9.98 Å². The first-order valence-electron chi connectivity index (χ1n) is 15.0. The van der Waals surface area contributed by atoms with E-state index in [1.165, 1.54) is 11.1 Å². The number of aliphatic imine (C=N–C) groups is 2. The van der Waals surface area contributed by atoms with Crippen LogP contribution in [0.1, 0.15) is 142 Å². The van der Waals surface area contributed by atoms with E-state index in [4.69, 9.17) is 9.98 Å². The summed E-state index contributed by atoms with van der Waals surface area (Å²) >= 11 is 0. The van der Waals surface area contributed by atoms with E-state index in [0.717, 1.165) is 47.9 Å². The summed E-state index contributed by atoms with van der Waals surface area (Å²) in [5.41, 5.74) is 5.39. The van der Waals surface area contributed by atoms with Crippen LogP contribution in [0.5, 0.6) is 11.5 Å². The Morgan fingerprint density at radius 2 is 0.878 bits per heavy atom. The third-order valence-corrected chi connectivity index (χ3v) is 8.13. The van der Waals surface area contributed by atoms with Gasteiger partial charge < -0.3 is 10.2 Å². The van der Waals surface area contributed by atoms with Crippen LogP contribution in [0, 0.1) is 0 Å². The molecule has 0 aliphatic heterocycles. The van der Waals surface area contributed by atoms with Crippen LogP contribution in [0.3, 0.4) is 0 Å². The average molecular weight is 603 g/mol. The Morgan fingerprint density at radius 3 is 1.15 bits per heavy atom. The predicted octanol–water partition coefficient (Wildman–Crippen LogP) is 9.13. The van der Waals surface area contributed by atoms with E-state index in [1.807, 2.05) is 12.4 Å². The Bertz CT molecular complexity index is 1170. The van der Waals surface area contributed by atoms with Gasteiger partial charge in [0.25, 0.3) is 0 Å². The van der Waals surface area contributed by atoms with Crippen molar-refractivity contribution < 1.29 is 27.3 Å². The maximum absolute atomic E-state index is 11.2. The Labute approximate surface area is 260 Å². The topological polar surface area (TPSA) is 65.2 Å². The van der Waals surface area contributed by atoms with E-state index in [-0.39, 0.29) is 50.8 Å². The molecule has 0 heterocycles. The average Bonchev–Trinajstić information content (AvgIpc) is 2.80. The Kier molecular flexibility index (Phi) is 10.8. The zero-order chi connectivity index (χ0) is 30.3. The van der Waals surface area contributed by atoms with Crippen molar-refractivity contribution in [2.45, 2.75) is 143 Å². The van der Waals surface area contributed by atoms with Crippen LogP contribution in [0.15, 0.2) is 34.3 Å². The maximum atomic E-state index is 11.2. The summed E-state index contributed by atoms with van der Waals surface area (Å²) in [7, 11) is 0. The van der Waals surface area contributed by atoms with Gasteiger partial charge in [0.15, 0.2) is 0 Å². The second-order valence-corrected chi connectivity index (χ2v) is 15.9. The molecule has 1 aliphatic carbocycles. The largest absolute Gasteiger partial charge is 0.507 e. The summed E-state index contributed by atoms with van der Waals surface area (Å²) in [5, 5.41) is 22.5. The van der Waals surface area contributed by atoms with Crippen LogP contribution in [0.25, 0.3) is 0 Å². The number of benzene rings is 2. The number of phenols is 2. The van der Waals surface area contributed by atoms with Gasteiger partial charge in [-0.05, 0) is 57.8 Å². The molecule has 2 atom stereocenters. The summed E-state index contributed by atoms with van der Waals surface area (Å²) in [6, 6.07) is 8.53. The molecule has 2 aromatic rings. The predicted molar refractivity (Wildman–Crippen MR) is 172 cm³/mol. The molecule has 228 valence electrons. The number of hydrogen-bond acceptors (Lipinski definition) is 4. The molecule has 2 aromatic carbocycles. The molecule has 5 heteroatoms. The van der Waals surface area contributed by atoms with Crippen molar-refractivity contribution in [3.05, 3.63) is 57.6 Å². The third-order valence-electron chi connectivity index (χ3n) is 8.13. The molecule has 1 aliphatic rings. The minimum absolute atomic E-state index is 0. The zero-order valence-electron chi connectivity index (χ0n) is 27.6. The van der Waals surface area contributed by atoms with E-state index < -0.39 is 0 Å². The number of aromatic hydroxyl groups is 2. The number of nitrogens with zero attached hydrogens (tertiary/aromatic N) is 2. The summed E-state index contributed by atoms with van der Waals surface area (Å²) in [6.45, 7) is 26.0. The van der Waals surface area contributed by atoms with Crippen molar-refractivity contribution in [1.82, 2.24) is 0 Å². The van der Waals surface area contributed by atoms with Gasteiger partial charge in [0.1, 0.15) is 11.5 Å². The standard InChI is InChI=1S/C36H54N2O2.Fe/c1-33(2,3)25-17-23(31(39)27(19-25)35(7,8)9)21-37-29-15-13-14-16-30(29)38-22-24-18-26(34(4,5)6)20-28(32(24)40)36(10,11)12;/h17-22,29-30,39-40H,13-16H2,1-12H3;/t29-,30-;/m1./s1. The van der Waals surface area contributed by atoms with Gasteiger partial charge in [0.05, 0.1) is 12.1 Å². The molecule has 0 amide bonds. The smallest absolute Gasteiger partial charge is 0.128 e. The van der Waals surface area contributed by atoms with E-state index in [9.17, 15) is 10.2 Å². The summed E-state index contributed by atoms with van der Waals surface area (Å²) < 4.78 is 0. The van der Waals surface area contributed by atoms with Gasteiger partial charge in [-0.1, -0.05) is 108 Å². The van der Waals surface area contributed by atoms with E-state index in [1.54, 1.807) is 0 Å². The fourth-order valence-electron chi connectivity index (χ4n) is 5.31. The molecule has 0 radical (unpaired) electrons. The Morgan fingerprint density at radius 1 is 0.561 bits per heavy atom. The number of phenolic OH excluding ortho intramolecular Hbond substituents is 2. The summed E-state index contributed by atoms with van der Waals surface area (Å²) in [6.07, 6.45) is 7.90. The molecule has 3 rings (SSSR count). The minimum atomic E-state index is -0.179. The second-order valence-electron chi connectivity index (χ2n) is 15.9. The van der Waals surface area contributed by atoms with Crippen LogP contribution in [-0.2, 0) is 38.7 Å². The van der Waals surface area contributed by atoms with Crippen LogP contribution in [0.2, 0.25) is 0 Å². The molecular formula is C36H54FeN2O2. The third kappa shape index (κ3) is 8.71. The molecule has 41 heavy (non-hydrogen) atoms. The van der Waals surface area contributed by atoms with E-state index in [0.29, 0.717) is 11.5 Å². The van der Waals surface area contributed by atoms with Gasteiger partial charge in [0.2, 0.25) is 0 Å². The van der Waals surface area contributed by atoms with Crippen LogP contribution >= 0.6 is 0 Å². The normalized spacial score (nSPS) is 19.1. The first-order chi connectivity index (χ1) is 18.2. The Balaban J connectivity index is 0.00000588. The van der Waals surface area contributed by atoms with Crippen molar-refractivity contribution in [3.63, 3.8) is 0 Å². The molecule has 1 saturated carbocycles. The molecule has 0 aromatic heterocycles. The molecule has 2 N–H and O–H groups in total. The maximum Gasteiger partial charge on any atom is 0.128 e. The second kappa shape index (κ2) is 12.6. The molecule has 0 unspecified atom stereocenters. The number of rotatable bonds is 4. The van der Waals surface area contributed by atoms with E-state index >= 15 is 0 Å². The molecule has 1 fully saturated rings. The van der Waals surface area contributed by atoms with Gasteiger partial charge in [0, 0.05) is 51.8 Å². The van der Waals surface area contributed by atoms with Crippen LogP contribution in [0.4, 0.5) is 0 Å². The molecule has 0 bridgehead atoms. The minimum Gasteiger partial charge on any atom is -0.507 e. The zero-order valence-corrected chi connectivity index (χ0v) is 28.7. The van der Waals surface area contributed by atoms with Gasteiger partial charge in [-0.25, -0.2) is 0 Å². The van der Waals surface area contributed by atoms with Crippen LogP contribution in [-0.4, -0.2) is 34.7 Å². The van der Waals surface area contributed by atoms with Crippen molar-refractivity contribution in [3.8, 4) is 11.5 Å². The SMILES string of the molecule is CC(C)(C)c1cc(C=N[C@@H]2CCCC[C@H]2N=Cc2cc(C(C)(C)C)cc(C(C)(C)C)c2O)c(O)c(C(C)(C)C)c1.[Fe]. The summed E-state index contributed by atoms with van der Waals surface area (Å²) in [5.74, 6) is 0.637. The first-order valence-corrected chi connectivity index (χ1v) is 15.0. The van der Waals surface area contributed by atoms with E-state index in [2.05, 4.69) is 107 Å². The first kappa shape index (κ1) is 35.1. The monoisotopic (exact) mass is 602 g/mol. The molecule has 0 spiro atoms. The van der Waals surface area contributed by atoms with Crippen molar-refractivity contribution in [2.75, 3.05) is 0 Å². The number of hydrogen-bond donors (Lipinski definition) is 2. The fraction of sp³-hybridized carbons (Fsp3) is 0.611. The van der Waals surface area contributed by atoms with Gasteiger partial charge >= 0.3 is 0 Å².